The van der Waals surface area contributed by atoms with Crippen molar-refractivity contribution in [2.45, 2.75) is 11.6 Å². The molecule has 10 nitrogen and oxygen atoms in total. The fourth-order valence-electron chi connectivity index (χ4n) is 4.21. The molecule has 2 aromatic carbocycles. The highest BCUT2D eigenvalue weighted by Gasteiger charge is 2.23. The first-order valence-electron chi connectivity index (χ1n) is 11.7. The number of nitrogens with one attached hydrogen (secondary N) is 2. The summed E-state index contributed by atoms with van der Waals surface area (Å²) in [6.07, 6.45) is 0.171. The first-order valence-corrected chi connectivity index (χ1v) is 13.1. The van der Waals surface area contributed by atoms with Gasteiger partial charge in [-0.15, -0.1) is 10.2 Å². The number of halogens is 1. The molecule has 3 heterocycles. The number of piperazine rings is 1. The molecule has 1 saturated heterocycles. The van der Waals surface area contributed by atoms with Crippen molar-refractivity contribution in [2.24, 2.45) is 0 Å². The monoisotopic (exact) mass is 537 g/mol. The standard InChI is InChI=1S/C25H24ClN7O3S/c26-17-6-8-20(9-7-17)33-21(14-18-15-22(34)28-24(36)27-18)29-30-25(33)37-16-23(35)32-12-10-31(11-13-32)19-4-2-1-3-5-19/h1-9,15H,10-14,16H2,(H2,27,28,34,36). The van der Waals surface area contributed by atoms with E-state index in [1.165, 1.54) is 17.8 Å². The molecule has 1 aliphatic heterocycles. The summed E-state index contributed by atoms with van der Waals surface area (Å²) in [4.78, 5) is 45.4. The van der Waals surface area contributed by atoms with E-state index in [9.17, 15) is 14.4 Å². The summed E-state index contributed by atoms with van der Waals surface area (Å²) in [7, 11) is 0. The summed E-state index contributed by atoms with van der Waals surface area (Å²) in [5, 5.41) is 9.72. The van der Waals surface area contributed by atoms with E-state index in [4.69, 9.17) is 11.6 Å². The van der Waals surface area contributed by atoms with Crippen LogP contribution in [-0.2, 0) is 11.2 Å². The third-order valence-corrected chi connectivity index (χ3v) is 7.19. The van der Waals surface area contributed by atoms with Gasteiger partial charge in [-0.25, -0.2) is 4.79 Å². The molecule has 190 valence electrons. The second-order valence-electron chi connectivity index (χ2n) is 8.49. The van der Waals surface area contributed by atoms with Crippen LogP contribution in [0.4, 0.5) is 5.69 Å². The lowest BCUT2D eigenvalue weighted by Gasteiger charge is -2.36. The Bertz CT molecular complexity index is 1460. The minimum absolute atomic E-state index is 0.0313. The fourth-order valence-corrected chi connectivity index (χ4v) is 5.21. The first kappa shape index (κ1) is 24.8. The van der Waals surface area contributed by atoms with Gasteiger partial charge in [-0.05, 0) is 36.4 Å². The van der Waals surface area contributed by atoms with Gasteiger partial charge in [0.1, 0.15) is 5.82 Å². The molecule has 4 aromatic rings. The van der Waals surface area contributed by atoms with E-state index in [-0.39, 0.29) is 18.1 Å². The lowest BCUT2D eigenvalue weighted by atomic mass is 10.2. The molecule has 0 unspecified atom stereocenters. The molecule has 5 rings (SSSR count). The van der Waals surface area contributed by atoms with Crippen molar-refractivity contribution >= 4 is 35.0 Å². The van der Waals surface area contributed by atoms with Crippen molar-refractivity contribution in [3.05, 3.63) is 98.0 Å². The van der Waals surface area contributed by atoms with Gasteiger partial charge in [0.05, 0.1) is 5.75 Å². The van der Waals surface area contributed by atoms with Gasteiger partial charge in [0, 0.05) is 60.8 Å². The molecule has 12 heteroatoms. The Balaban J connectivity index is 1.30. The summed E-state index contributed by atoms with van der Waals surface area (Å²) in [6.45, 7) is 2.86. The molecule has 1 amide bonds. The van der Waals surface area contributed by atoms with Crippen LogP contribution in [0.5, 0.6) is 0 Å². The number of anilines is 1. The Kier molecular flexibility index (Phi) is 7.42. The van der Waals surface area contributed by atoms with Crippen LogP contribution in [0, 0.1) is 0 Å². The summed E-state index contributed by atoms with van der Waals surface area (Å²) in [5.74, 6) is 0.748. The molecule has 0 saturated carbocycles. The predicted molar refractivity (Wildman–Crippen MR) is 143 cm³/mol. The lowest BCUT2D eigenvalue weighted by molar-refractivity contribution is -0.128. The van der Waals surface area contributed by atoms with Crippen LogP contribution < -0.4 is 16.1 Å². The van der Waals surface area contributed by atoms with Gasteiger partial charge >= 0.3 is 5.69 Å². The summed E-state index contributed by atoms with van der Waals surface area (Å²) in [6, 6.07) is 18.6. The summed E-state index contributed by atoms with van der Waals surface area (Å²) >= 11 is 7.37. The van der Waals surface area contributed by atoms with E-state index in [0.29, 0.717) is 34.8 Å². The number of hydrogen-bond donors (Lipinski definition) is 2. The molecule has 2 N–H and O–H groups in total. The molecular formula is C25H24ClN7O3S. The average molecular weight is 538 g/mol. The second kappa shape index (κ2) is 11.1. The number of H-pyrrole nitrogens is 2. The minimum Gasteiger partial charge on any atom is -0.368 e. The Morgan fingerprint density at radius 1 is 0.919 bits per heavy atom. The molecule has 1 fully saturated rings. The van der Waals surface area contributed by atoms with Gasteiger partial charge in [0.2, 0.25) is 5.91 Å². The van der Waals surface area contributed by atoms with Gasteiger partial charge in [-0.1, -0.05) is 41.6 Å². The van der Waals surface area contributed by atoms with Gasteiger partial charge in [-0.2, -0.15) is 0 Å². The molecule has 0 bridgehead atoms. The number of aromatic nitrogens is 5. The van der Waals surface area contributed by atoms with E-state index in [1.807, 2.05) is 35.2 Å². The van der Waals surface area contributed by atoms with Gasteiger partial charge in [0.25, 0.3) is 5.56 Å². The Morgan fingerprint density at radius 2 is 1.65 bits per heavy atom. The van der Waals surface area contributed by atoms with Crippen LogP contribution in [0.1, 0.15) is 11.5 Å². The number of para-hydroxylation sites is 1. The fraction of sp³-hybridized carbons (Fsp3) is 0.240. The lowest BCUT2D eigenvalue weighted by Crippen LogP contribution is -2.49. The SMILES string of the molecule is O=C(CSc1nnc(Cc2cc(=O)[nH]c(=O)[nH]2)n1-c1ccc(Cl)cc1)N1CCN(c2ccccc2)CC1. The van der Waals surface area contributed by atoms with E-state index >= 15 is 0 Å². The smallest absolute Gasteiger partial charge is 0.325 e. The summed E-state index contributed by atoms with van der Waals surface area (Å²) in [5.41, 5.74) is 1.23. The summed E-state index contributed by atoms with van der Waals surface area (Å²) < 4.78 is 1.81. The number of nitrogens with zero attached hydrogens (tertiary/aromatic N) is 5. The normalized spacial score (nSPS) is 13.6. The van der Waals surface area contributed by atoms with Crippen LogP contribution in [-0.4, -0.2) is 67.5 Å². The quantitative estimate of drug-likeness (QED) is 0.347. The van der Waals surface area contributed by atoms with E-state index < -0.39 is 11.2 Å². The van der Waals surface area contributed by atoms with Crippen LogP contribution >= 0.6 is 23.4 Å². The number of amides is 1. The number of thioether (sulfide) groups is 1. The number of aromatic amines is 2. The van der Waals surface area contributed by atoms with Gasteiger partial charge in [-0.3, -0.25) is 19.1 Å². The van der Waals surface area contributed by atoms with Crippen molar-refractivity contribution in [1.82, 2.24) is 29.6 Å². The number of carbonyl (C=O) groups excluding carboxylic acids is 1. The van der Waals surface area contributed by atoms with Crippen LogP contribution in [0.15, 0.2) is 75.4 Å². The van der Waals surface area contributed by atoms with E-state index in [0.717, 1.165) is 24.5 Å². The molecule has 0 radical (unpaired) electrons. The van der Waals surface area contributed by atoms with E-state index in [1.54, 1.807) is 16.7 Å². The highest BCUT2D eigenvalue weighted by molar-refractivity contribution is 7.99. The first-order chi connectivity index (χ1) is 18.0. The molecule has 0 aliphatic carbocycles. The Hall–Kier alpha value is -3.83. The highest BCUT2D eigenvalue weighted by atomic mass is 35.5. The van der Waals surface area contributed by atoms with Crippen LogP contribution in [0.2, 0.25) is 5.02 Å². The topological polar surface area (TPSA) is 120 Å². The number of carbonyl (C=O) groups is 1. The Morgan fingerprint density at radius 3 is 2.35 bits per heavy atom. The molecule has 0 atom stereocenters. The number of benzene rings is 2. The zero-order valence-corrected chi connectivity index (χ0v) is 21.3. The van der Waals surface area contributed by atoms with Crippen molar-refractivity contribution in [2.75, 3.05) is 36.8 Å². The zero-order chi connectivity index (χ0) is 25.8. The van der Waals surface area contributed by atoms with Crippen molar-refractivity contribution in [3.8, 4) is 5.69 Å². The maximum Gasteiger partial charge on any atom is 0.325 e. The second-order valence-corrected chi connectivity index (χ2v) is 9.87. The molecule has 37 heavy (non-hydrogen) atoms. The average Bonchev–Trinajstić information content (AvgIpc) is 3.30. The van der Waals surface area contributed by atoms with Crippen LogP contribution in [0.3, 0.4) is 0 Å². The molecule has 1 aliphatic rings. The molecule has 2 aromatic heterocycles. The molecule has 0 spiro atoms. The van der Waals surface area contributed by atoms with Crippen molar-refractivity contribution < 1.29 is 4.79 Å². The minimum atomic E-state index is -0.590. The molecular weight excluding hydrogens is 514 g/mol. The van der Waals surface area contributed by atoms with E-state index in [2.05, 4.69) is 37.2 Å². The predicted octanol–water partition coefficient (Wildman–Crippen LogP) is 2.33. The number of hydrogen-bond acceptors (Lipinski definition) is 7. The maximum atomic E-state index is 13.0. The maximum absolute atomic E-state index is 13.0. The van der Waals surface area contributed by atoms with Crippen molar-refractivity contribution in [3.63, 3.8) is 0 Å². The van der Waals surface area contributed by atoms with Crippen LogP contribution in [0.25, 0.3) is 5.69 Å². The third kappa shape index (κ3) is 5.95. The number of rotatable bonds is 7. The largest absolute Gasteiger partial charge is 0.368 e. The van der Waals surface area contributed by atoms with Gasteiger partial charge in [0.15, 0.2) is 5.16 Å². The van der Waals surface area contributed by atoms with Gasteiger partial charge < -0.3 is 14.8 Å². The third-order valence-electron chi connectivity index (χ3n) is 6.03. The van der Waals surface area contributed by atoms with Crippen molar-refractivity contribution in [1.29, 1.82) is 0 Å². The highest BCUT2D eigenvalue weighted by Crippen LogP contribution is 2.25. The Labute approximate surface area is 221 Å². The zero-order valence-electron chi connectivity index (χ0n) is 19.8.